The highest BCUT2D eigenvalue weighted by atomic mass is 15.1. The van der Waals surface area contributed by atoms with Gasteiger partial charge in [0.1, 0.15) is 0 Å². The van der Waals surface area contributed by atoms with Crippen LogP contribution in [0.2, 0.25) is 0 Å². The van der Waals surface area contributed by atoms with Gasteiger partial charge < -0.3 is 4.90 Å². The van der Waals surface area contributed by atoms with Gasteiger partial charge in [0.05, 0.1) is 5.69 Å². The lowest BCUT2D eigenvalue weighted by Crippen LogP contribution is -2.20. The van der Waals surface area contributed by atoms with Gasteiger partial charge in [-0.3, -0.25) is 0 Å². The van der Waals surface area contributed by atoms with Crippen molar-refractivity contribution in [1.29, 1.82) is 0 Å². The zero-order valence-corrected chi connectivity index (χ0v) is 28.0. The summed E-state index contributed by atoms with van der Waals surface area (Å²) < 4.78 is 0. The third-order valence-corrected chi connectivity index (χ3v) is 10.2. The van der Waals surface area contributed by atoms with Gasteiger partial charge in [-0.25, -0.2) is 0 Å². The molecule has 7 aromatic rings. The van der Waals surface area contributed by atoms with Crippen LogP contribution in [0.25, 0.3) is 44.5 Å². The zero-order valence-electron chi connectivity index (χ0n) is 28.0. The number of benzene rings is 7. The number of nitrogens with zero attached hydrogens (tertiary/aromatic N) is 1. The molecule has 0 saturated carbocycles. The van der Waals surface area contributed by atoms with Crippen molar-refractivity contribution in [3.8, 4) is 44.5 Å². The highest BCUT2D eigenvalue weighted by Crippen LogP contribution is 2.54. The standard InChI is InChI=1S/C47H39N/c1-32-14-8-9-18-39(32)45-33(2)15-12-20-40(45)36-26-30-38(31-27-36)48(37-28-24-35(25-29-37)34-16-6-5-7-17-34)44-23-13-21-42-41-19-10-11-22-43(41)47(3,4)46(42)44/h5-31H,1-4H3. The molecule has 0 spiro atoms. The van der Waals surface area contributed by atoms with Gasteiger partial charge >= 0.3 is 0 Å². The van der Waals surface area contributed by atoms with Gasteiger partial charge in [0.15, 0.2) is 0 Å². The molecule has 1 aliphatic rings. The van der Waals surface area contributed by atoms with Gasteiger partial charge in [-0.05, 0) is 111 Å². The van der Waals surface area contributed by atoms with Crippen LogP contribution < -0.4 is 4.90 Å². The fourth-order valence-corrected chi connectivity index (χ4v) is 7.78. The van der Waals surface area contributed by atoms with Crippen LogP contribution in [0.3, 0.4) is 0 Å². The summed E-state index contributed by atoms with van der Waals surface area (Å²) in [6.45, 7) is 9.15. The molecule has 0 heterocycles. The molecular formula is C47H39N. The van der Waals surface area contributed by atoms with E-state index in [1.807, 2.05) is 0 Å². The zero-order chi connectivity index (χ0) is 32.8. The quantitative estimate of drug-likeness (QED) is 0.179. The summed E-state index contributed by atoms with van der Waals surface area (Å²) in [6, 6.07) is 59.8. The van der Waals surface area contributed by atoms with Crippen molar-refractivity contribution in [1.82, 2.24) is 0 Å². The lowest BCUT2D eigenvalue weighted by molar-refractivity contribution is 0.661. The van der Waals surface area contributed by atoms with E-state index < -0.39 is 0 Å². The molecule has 8 rings (SSSR count). The Morgan fingerprint density at radius 1 is 0.396 bits per heavy atom. The van der Waals surface area contributed by atoms with Crippen molar-refractivity contribution in [3.05, 3.63) is 186 Å². The maximum absolute atomic E-state index is 2.45. The molecule has 0 atom stereocenters. The monoisotopic (exact) mass is 617 g/mol. The summed E-state index contributed by atoms with van der Waals surface area (Å²) in [5.41, 5.74) is 18.8. The Morgan fingerprint density at radius 2 is 0.917 bits per heavy atom. The third-order valence-electron chi connectivity index (χ3n) is 10.2. The van der Waals surface area contributed by atoms with Gasteiger partial charge in [0.2, 0.25) is 0 Å². The van der Waals surface area contributed by atoms with E-state index in [9.17, 15) is 0 Å². The van der Waals surface area contributed by atoms with Crippen LogP contribution in [0.1, 0.15) is 36.1 Å². The number of anilines is 3. The van der Waals surface area contributed by atoms with E-state index in [0.717, 1.165) is 11.4 Å². The van der Waals surface area contributed by atoms with E-state index in [-0.39, 0.29) is 5.41 Å². The Hall–Kier alpha value is -5.66. The molecule has 0 aromatic heterocycles. The maximum atomic E-state index is 2.45. The van der Waals surface area contributed by atoms with Crippen LogP contribution in [0.5, 0.6) is 0 Å². The highest BCUT2D eigenvalue weighted by molar-refractivity contribution is 5.92. The molecule has 1 nitrogen and oxygen atoms in total. The number of hydrogen-bond acceptors (Lipinski definition) is 1. The Kier molecular flexibility index (Phi) is 7.34. The molecule has 0 saturated heterocycles. The Balaban J connectivity index is 1.28. The molecule has 0 radical (unpaired) electrons. The summed E-state index contributed by atoms with van der Waals surface area (Å²) in [7, 11) is 0. The minimum atomic E-state index is -0.144. The molecule has 0 N–H and O–H groups in total. The van der Waals surface area contributed by atoms with Gasteiger partial charge in [0, 0.05) is 16.8 Å². The van der Waals surface area contributed by atoms with E-state index in [2.05, 4.69) is 196 Å². The fourth-order valence-electron chi connectivity index (χ4n) is 7.78. The largest absolute Gasteiger partial charge is 0.310 e. The lowest BCUT2D eigenvalue weighted by atomic mass is 9.81. The van der Waals surface area contributed by atoms with Crippen LogP contribution in [0.15, 0.2) is 164 Å². The summed E-state index contributed by atoms with van der Waals surface area (Å²) in [5.74, 6) is 0. The van der Waals surface area contributed by atoms with Crippen molar-refractivity contribution in [3.63, 3.8) is 0 Å². The van der Waals surface area contributed by atoms with Gasteiger partial charge in [-0.2, -0.15) is 0 Å². The van der Waals surface area contributed by atoms with E-state index in [1.165, 1.54) is 72.4 Å². The maximum Gasteiger partial charge on any atom is 0.0508 e. The van der Waals surface area contributed by atoms with Gasteiger partial charge in [-0.15, -0.1) is 0 Å². The molecule has 0 unspecified atom stereocenters. The first-order valence-corrected chi connectivity index (χ1v) is 16.9. The predicted molar refractivity (Wildman–Crippen MR) is 204 cm³/mol. The average Bonchev–Trinajstić information content (AvgIpc) is 3.36. The van der Waals surface area contributed by atoms with Crippen LogP contribution in [-0.4, -0.2) is 0 Å². The minimum absolute atomic E-state index is 0.144. The van der Waals surface area contributed by atoms with Crippen molar-refractivity contribution in [2.45, 2.75) is 33.1 Å². The molecule has 1 aliphatic carbocycles. The SMILES string of the molecule is Cc1ccccc1-c1c(C)cccc1-c1ccc(N(c2ccc(-c3ccccc3)cc2)c2cccc3c2C(C)(C)c2ccccc2-3)cc1. The van der Waals surface area contributed by atoms with E-state index in [1.54, 1.807) is 0 Å². The Bertz CT molecular complexity index is 2260. The van der Waals surface area contributed by atoms with Crippen molar-refractivity contribution >= 4 is 17.1 Å². The first-order chi connectivity index (χ1) is 23.4. The van der Waals surface area contributed by atoms with Crippen molar-refractivity contribution in [2.24, 2.45) is 0 Å². The number of rotatable bonds is 6. The Morgan fingerprint density at radius 3 is 1.62 bits per heavy atom. The highest BCUT2D eigenvalue weighted by Gasteiger charge is 2.38. The number of fused-ring (bicyclic) bond motifs is 3. The molecular weight excluding hydrogens is 579 g/mol. The molecule has 0 amide bonds. The first kappa shape index (κ1) is 29.7. The number of aryl methyl sites for hydroxylation is 2. The molecule has 0 bridgehead atoms. The van der Waals surface area contributed by atoms with Gasteiger partial charge in [-0.1, -0.05) is 147 Å². The Labute approximate surface area is 284 Å². The lowest BCUT2D eigenvalue weighted by Gasteiger charge is -2.32. The first-order valence-electron chi connectivity index (χ1n) is 16.9. The topological polar surface area (TPSA) is 3.24 Å². The number of hydrogen-bond donors (Lipinski definition) is 0. The average molecular weight is 618 g/mol. The van der Waals surface area contributed by atoms with E-state index in [0.29, 0.717) is 0 Å². The van der Waals surface area contributed by atoms with Crippen molar-refractivity contribution < 1.29 is 0 Å². The smallest absolute Gasteiger partial charge is 0.0508 e. The second-order valence-electron chi connectivity index (χ2n) is 13.5. The van der Waals surface area contributed by atoms with E-state index in [4.69, 9.17) is 0 Å². The molecule has 0 aliphatic heterocycles. The van der Waals surface area contributed by atoms with Gasteiger partial charge in [0.25, 0.3) is 0 Å². The molecule has 232 valence electrons. The molecule has 7 aromatic carbocycles. The van der Waals surface area contributed by atoms with E-state index >= 15 is 0 Å². The van der Waals surface area contributed by atoms with Crippen LogP contribution in [-0.2, 0) is 5.41 Å². The molecule has 0 fully saturated rings. The molecule has 48 heavy (non-hydrogen) atoms. The fraction of sp³-hybridized carbons (Fsp3) is 0.106. The predicted octanol–water partition coefficient (Wildman–Crippen LogP) is 13.1. The normalized spacial score (nSPS) is 12.8. The van der Waals surface area contributed by atoms with Crippen LogP contribution in [0.4, 0.5) is 17.1 Å². The second-order valence-corrected chi connectivity index (χ2v) is 13.5. The summed E-state index contributed by atoms with van der Waals surface area (Å²) in [5, 5.41) is 0. The van der Waals surface area contributed by atoms with Crippen molar-refractivity contribution in [2.75, 3.05) is 4.90 Å². The van der Waals surface area contributed by atoms with Crippen LogP contribution in [0, 0.1) is 13.8 Å². The second kappa shape index (κ2) is 11.9. The summed E-state index contributed by atoms with van der Waals surface area (Å²) in [6.07, 6.45) is 0. The third kappa shape index (κ3) is 4.95. The molecule has 1 heteroatoms. The van der Waals surface area contributed by atoms with Crippen LogP contribution >= 0.6 is 0 Å². The minimum Gasteiger partial charge on any atom is -0.310 e. The summed E-state index contributed by atoms with van der Waals surface area (Å²) in [4.78, 5) is 2.45. The summed E-state index contributed by atoms with van der Waals surface area (Å²) >= 11 is 0.